The molecule has 0 aromatic carbocycles. The molecule has 1 fully saturated rings. The third-order valence-corrected chi connectivity index (χ3v) is 4.06. The quantitative estimate of drug-likeness (QED) is 0.640. The smallest absolute Gasteiger partial charge is 0.134 e. The van der Waals surface area contributed by atoms with Gasteiger partial charge in [0.05, 0.1) is 11.7 Å². The highest BCUT2D eigenvalue weighted by Gasteiger charge is 2.47. The molecule has 0 saturated carbocycles. The minimum atomic E-state index is -1.06. The molecular weight excluding hydrogens is 230 g/mol. The molecule has 92 valence electrons. The minimum absolute atomic E-state index is 0.267. The molecule has 3 N–H and O–H groups in total. The lowest BCUT2D eigenvalue weighted by Crippen LogP contribution is -2.55. The Morgan fingerprint density at radius 2 is 2.12 bits per heavy atom. The summed E-state index contributed by atoms with van der Waals surface area (Å²) < 4.78 is 5.51. The molecule has 0 aliphatic carbocycles. The van der Waals surface area contributed by atoms with Crippen molar-refractivity contribution in [1.82, 2.24) is 0 Å². The van der Waals surface area contributed by atoms with E-state index in [0.717, 1.165) is 17.9 Å². The molecule has 16 heavy (non-hydrogen) atoms. The van der Waals surface area contributed by atoms with Crippen LogP contribution in [0.5, 0.6) is 0 Å². The minimum Gasteiger partial charge on any atom is -0.394 e. The number of aliphatic hydroxyl groups is 3. The predicted octanol–water partition coefficient (Wildman–Crippen LogP) is -0.261. The van der Waals surface area contributed by atoms with E-state index in [0.29, 0.717) is 0 Å². The third kappa shape index (κ3) is 2.12. The second kappa shape index (κ2) is 5.01. The van der Waals surface area contributed by atoms with Crippen molar-refractivity contribution < 1.29 is 20.1 Å². The van der Waals surface area contributed by atoms with Crippen molar-refractivity contribution in [3.8, 4) is 0 Å². The molecule has 1 saturated heterocycles. The van der Waals surface area contributed by atoms with Crippen molar-refractivity contribution in [3.05, 3.63) is 0 Å². The first kappa shape index (κ1) is 12.3. The van der Waals surface area contributed by atoms with Gasteiger partial charge in [0, 0.05) is 0 Å². The fourth-order valence-corrected chi connectivity index (χ4v) is 3.30. The van der Waals surface area contributed by atoms with Crippen LogP contribution in [-0.2, 0) is 4.74 Å². The Labute approximate surface area is 98.5 Å². The van der Waals surface area contributed by atoms with Crippen molar-refractivity contribution in [1.29, 1.82) is 0 Å². The number of fused-ring (bicyclic) bond motifs is 1. The molecule has 0 spiro atoms. The van der Waals surface area contributed by atoms with Gasteiger partial charge in [-0.05, 0) is 6.42 Å². The fourth-order valence-electron chi connectivity index (χ4n) is 1.97. The zero-order valence-electron chi connectivity index (χ0n) is 9.11. The molecule has 0 radical (unpaired) electrons. The number of rotatable bonds is 3. The van der Waals surface area contributed by atoms with E-state index in [-0.39, 0.29) is 12.0 Å². The first-order valence-electron chi connectivity index (χ1n) is 5.53. The maximum atomic E-state index is 9.87. The summed E-state index contributed by atoms with van der Waals surface area (Å²) >= 11 is 1.49. The van der Waals surface area contributed by atoms with E-state index in [1.54, 1.807) is 0 Å². The molecule has 2 aliphatic rings. The second-order valence-corrected chi connectivity index (χ2v) is 5.26. The SMILES string of the molecule is CCCC1=N[C@@H]2[C@@H](O)[C@H](O)[C@@H](CO)O[C@@H]2S1. The van der Waals surface area contributed by atoms with Crippen molar-refractivity contribution in [3.63, 3.8) is 0 Å². The molecule has 2 heterocycles. The maximum absolute atomic E-state index is 9.87. The van der Waals surface area contributed by atoms with Gasteiger partial charge in [0.25, 0.3) is 0 Å². The topological polar surface area (TPSA) is 82.3 Å². The molecule has 2 rings (SSSR count). The summed E-state index contributed by atoms with van der Waals surface area (Å²) in [6, 6.07) is -0.399. The van der Waals surface area contributed by atoms with E-state index in [9.17, 15) is 10.2 Å². The Balaban J connectivity index is 2.08. The molecular formula is C10H17NO4S. The van der Waals surface area contributed by atoms with E-state index in [1.807, 2.05) is 0 Å². The highest BCUT2D eigenvalue weighted by molar-refractivity contribution is 8.14. The molecule has 0 bridgehead atoms. The molecule has 6 heteroatoms. The Kier molecular flexibility index (Phi) is 3.86. The van der Waals surface area contributed by atoms with Crippen LogP contribution < -0.4 is 0 Å². The van der Waals surface area contributed by atoms with Gasteiger partial charge < -0.3 is 20.1 Å². The van der Waals surface area contributed by atoms with E-state index in [4.69, 9.17) is 9.84 Å². The number of thioether (sulfide) groups is 1. The van der Waals surface area contributed by atoms with E-state index in [2.05, 4.69) is 11.9 Å². The highest BCUT2D eigenvalue weighted by Crippen LogP contribution is 2.37. The standard InChI is InChI=1S/C10H17NO4S/c1-2-3-6-11-7-9(14)8(13)5(4-12)15-10(7)16-6/h5,7-10,12-14H,2-4H2,1H3/t5-,7-,8-,9-,10-/m1/s1. The Morgan fingerprint density at radius 1 is 1.38 bits per heavy atom. The average Bonchev–Trinajstić information content (AvgIpc) is 2.67. The maximum Gasteiger partial charge on any atom is 0.134 e. The van der Waals surface area contributed by atoms with Gasteiger partial charge in [-0.15, -0.1) is 0 Å². The zero-order chi connectivity index (χ0) is 11.7. The highest BCUT2D eigenvalue weighted by atomic mass is 32.2. The molecule has 0 unspecified atom stereocenters. The molecule has 2 aliphatic heterocycles. The van der Waals surface area contributed by atoms with Gasteiger partial charge >= 0.3 is 0 Å². The van der Waals surface area contributed by atoms with Crippen LogP contribution in [-0.4, -0.2) is 56.8 Å². The van der Waals surface area contributed by atoms with Crippen LogP contribution in [0.2, 0.25) is 0 Å². The largest absolute Gasteiger partial charge is 0.394 e. The van der Waals surface area contributed by atoms with Gasteiger partial charge in [-0.25, -0.2) is 0 Å². The normalized spacial score (nSPS) is 43.0. The Morgan fingerprint density at radius 3 is 2.75 bits per heavy atom. The van der Waals surface area contributed by atoms with Crippen LogP contribution in [0.25, 0.3) is 0 Å². The van der Waals surface area contributed by atoms with Crippen molar-refractivity contribution in [2.45, 2.75) is 49.6 Å². The van der Waals surface area contributed by atoms with Gasteiger partial charge in [-0.2, -0.15) is 0 Å². The van der Waals surface area contributed by atoms with E-state index >= 15 is 0 Å². The number of aliphatic imine (C=N–C) groups is 1. The summed E-state index contributed by atoms with van der Waals surface area (Å²) in [6.07, 6.45) is -0.852. The Bertz CT molecular complexity index is 286. The van der Waals surface area contributed by atoms with Gasteiger partial charge in [0.1, 0.15) is 29.8 Å². The van der Waals surface area contributed by atoms with Gasteiger partial charge in [0.15, 0.2) is 0 Å². The monoisotopic (exact) mass is 247 g/mol. The average molecular weight is 247 g/mol. The van der Waals surface area contributed by atoms with Crippen LogP contribution in [0.3, 0.4) is 0 Å². The summed E-state index contributed by atoms with van der Waals surface area (Å²) in [4.78, 5) is 4.36. The first-order valence-corrected chi connectivity index (χ1v) is 6.41. The first-order chi connectivity index (χ1) is 7.67. The molecule has 0 aromatic heterocycles. The summed E-state index contributed by atoms with van der Waals surface area (Å²) in [5, 5.41) is 29.5. The van der Waals surface area contributed by atoms with Crippen molar-refractivity contribution in [2.24, 2.45) is 4.99 Å². The lowest BCUT2D eigenvalue weighted by Gasteiger charge is -2.37. The van der Waals surface area contributed by atoms with Gasteiger partial charge in [-0.3, -0.25) is 4.99 Å². The summed E-state index contributed by atoms with van der Waals surface area (Å²) in [7, 11) is 0. The molecule has 0 aromatic rings. The summed E-state index contributed by atoms with van der Waals surface area (Å²) in [6.45, 7) is 1.78. The summed E-state index contributed by atoms with van der Waals surface area (Å²) in [5.41, 5.74) is -0.267. The van der Waals surface area contributed by atoms with Crippen LogP contribution >= 0.6 is 11.8 Å². The zero-order valence-corrected chi connectivity index (χ0v) is 9.93. The fraction of sp³-hybridized carbons (Fsp3) is 0.900. The molecule has 5 nitrogen and oxygen atoms in total. The number of hydrogen-bond acceptors (Lipinski definition) is 6. The number of hydrogen-bond donors (Lipinski definition) is 3. The van der Waals surface area contributed by atoms with Crippen molar-refractivity contribution >= 4 is 16.8 Å². The second-order valence-electron chi connectivity index (χ2n) is 4.09. The van der Waals surface area contributed by atoms with Crippen LogP contribution in [0.15, 0.2) is 4.99 Å². The predicted molar refractivity (Wildman–Crippen MR) is 61.5 cm³/mol. The van der Waals surface area contributed by atoms with Crippen LogP contribution in [0.1, 0.15) is 19.8 Å². The molecule has 0 amide bonds. The third-order valence-electron chi connectivity index (χ3n) is 2.86. The van der Waals surface area contributed by atoms with Crippen LogP contribution in [0.4, 0.5) is 0 Å². The lowest BCUT2D eigenvalue weighted by molar-refractivity contribution is -0.164. The Hall–Kier alpha value is -0.140. The van der Waals surface area contributed by atoms with E-state index < -0.39 is 24.4 Å². The van der Waals surface area contributed by atoms with Gasteiger partial charge in [0.2, 0.25) is 0 Å². The summed E-state index contributed by atoms with van der Waals surface area (Å²) in [5.74, 6) is 0. The number of aliphatic hydroxyl groups excluding tert-OH is 3. The number of ether oxygens (including phenoxy) is 1. The number of nitrogens with zero attached hydrogens (tertiary/aromatic N) is 1. The molecule has 5 atom stereocenters. The van der Waals surface area contributed by atoms with Crippen LogP contribution in [0, 0.1) is 0 Å². The van der Waals surface area contributed by atoms with E-state index in [1.165, 1.54) is 11.8 Å². The lowest BCUT2D eigenvalue weighted by atomic mass is 9.99. The van der Waals surface area contributed by atoms with Gasteiger partial charge in [-0.1, -0.05) is 25.1 Å². The van der Waals surface area contributed by atoms with Crippen molar-refractivity contribution in [2.75, 3.05) is 6.61 Å².